The standard InChI is InChI=1S/C21H24FN3O3S/c22-17-1-3-18(4-2-17)23-8-10-24(11-9-23)19-14-25(15-19)29(26,27)20-5-6-21-16(13-20)7-12-28-21/h1-6,13,19H,7-12,14-15H2. The number of sulfonamides is 1. The minimum absolute atomic E-state index is 0.223. The van der Waals surface area contributed by atoms with Crippen LogP contribution in [0.2, 0.25) is 0 Å². The van der Waals surface area contributed by atoms with Crippen LogP contribution in [0.25, 0.3) is 0 Å². The highest BCUT2D eigenvalue weighted by Gasteiger charge is 2.40. The second kappa shape index (κ2) is 7.27. The average molecular weight is 418 g/mol. The van der Waals surface area contributed by atoms with E-state index in [1.807, 2.05) is 12.1 Å². The summed E-state index contributed by atoms with van der Waals surface area (Å²) in [4.78, 5) is 4.97. The number of hydrogen-bond donors (Lipinski definition) is 0. The van der Waals surface area contributed by atoms with Crippen molar-refractivity contribution in [3.8, 4) is 5.75 Å². The topological polar surface area (TPSA) is 53.1 Å². The van der Waals surface area contributed by atoms with Crippen LogP contribution >= 0.6 is 0 Å². The lowest BCUT2D eigenvalue weighted by molar-refractivity contribution is 0.0828. The van der Waals surface area contributed by atoms with Gasteiger partial charge in [-0.2, -0.15) is 4.31 Å². The zero-order valence-corrected chi connectivity index (χ0v) is 16.9. The predicted molar refractivity (Wildman–Crippen MR) is 108 cm³/mol. The summed E-state index contributed by atoms with van der Waals surface area (Å²) in [7, 11) is -3.45. The van der Waals surface area contributed by atoms with Gasteiger partial charge in [-0.25, -0.2) is 12.8 Å². The molecule has 8 heteroatoms. The Hall–Kier alpha value is -2.16. The molecular formula is C21H24FN3O3S. The molecule has 6 nitrogen and oxygen atoms in total. The van der Waals surface area contributed by atoms with Crippen molar-refractivity contribution in [3.63, 3.8) is 0 Å². The van der Waals surface area contributed by atoms with Crippen molar-refractivity contribution in [2.24, 2.45) is 0 Å². The third kappa shape index (κ3) is 3.49. The highest BCUT2D eigenvalue weighted by molar-refractivity contribution is 7.89. The molecule has 154 valence electrons. The molecule has 3 heterocycles. The molecule has 2 aromatic carbocycles. The summed E-state index contributed by atoms with van der Waals surface area (Å²) in [6.45, 7) is 5.17. The molecule has 0 aliphatic carbocycles. The number of hydrogen-bond acceptors (Lipinski definition) is 5. The van der Waals surface area contributed by atoms with Gasteiger partial charge in [0.25, 0.3) is 0 Å². The lowest BCUT2D eigenvalue weighted by atomic mass is 10.1. The summed E-state index contributed by atoms with van der Waals surface area (Å²) in [5.41, 5.74) is 2.00. The molecule has 0 spiro atoms. The van der Waals surface area contributed by atoms with E-state index in [4.69, 9.17) is 4.74 Å². The number of anilines is 1. The van der Waals surface area contributed by atoms with Gasteiger partial charge < -0.3 is 9.64 Å². The second-order valence-corrected chi connectivity index (χ2v) is 9.78. The molecule has 0 N–H and O–H groups in total. The van der Waals surface area contributed by atoms with Crippen molar-refractivity contribution in [2.45, 2.75) is 17.4 Å². The summed E-state index contributed by atoms with van der Waals surface area (Å²) in [5, 5.41) is 0. The zero-order chi connectivity index (χ0) is 20.0. The first-order valence-corrected chi connectivity index (χ1v) is 11.5. The third-order valence-corrected chi connectivity index (χ3v) is 7.98. The normalized spacial score (nSPS) is 20.9. The van der Waals surface area contributed by atoms with E-state index >= 15 is 0 Å². The lowest BCUT2D eigenvalue weighted by Crippen LogP contribution is -2.64. The molecule has 0 saturated carbocycles. The van der Waals surface area contributed by atoms with Crippen LogP contribution in [0.5, 0.6) is 5.75 Å². The fourth-order valence-electron chi connectivity index (χ4n) is 4.31. The van der Waals surface area contributed by atoms with E-state index in [-0.39, 0.29) is 11.9 Å². The van der Waals surface area contributed by atoms with Crippen LogP contribution in [-0.4, -0.2) is 69.5 Å². The average Bonchev–Trinajstić information content (AvgIpc) is 3.16. The van der Waals surface area contributed by atoms with Crippen molar-refractivity contribution in [2.75, 3.05) is 50.8 Å². The van der Waals surface area contributed by atoms with Crippen molar-refractivity contribution in [1.29, 1.82) is 0 Å². The SMILES string of the molecule is O=S(=O)(c1ccc2c(c1)CCO2)N1CC(N2CCN(c3ccc(F)cc3)CC2)C1. The number of nitrogens with zero attached hydrogens (tertiary/aromatic N) is 3. The summed E-state index contributed by atoms with van der Waals surface area (Å²) < 4.78 is 46.0. The first kappa shape index (κ1) is 18.8. The van der Waals surface area contributed by atoms with E-state index in [0.717, 1.165) is 49.6 Å². The second-order valence-electron chi connectivity index (χ2n) is 7.84. The van der Waals surface area contributed by atoms with Gasteiger partial charge in [0, 0.05) is 57.4 Å². The quantitative estimate of drug-likeness (QED) is 0.761. The number of ether oxygens (including phenoxy) is 1. The smallest absolute Gasteiger partial charge is 0.243 e. The molecule has 3 aliphatic rings. The highest BCUT2D eigenvalue weighted by Crippen LogP contribution is 2.31. The van der Waals surface area contributed by atoms with Crippen LogP contribution in [0, 0.1) is 5.82 Å². The Bertz CT molecular complexity index is 998. The minimum Gasteiger partial charge on any atom is -0.493 e. The molecule has 2 aromatic rings. The van der Waals surface area contributed by atoms with Gasteiger partial charge in [0.1, 0.15) is 11.6 Å². The van der Waals surface area contributed by atoms with Gasteiger partial charge in [0.05, 0.1) is 11.5 Å². The van der Waals surface area contributed by atoms with E-state index in [9.17, 15) is 12.8 Å². The molecule has 5 rings (SSSR count). The van der Waals surface area contributed by atoms with Crippen LogP contribution in [0.15, 0.2) is 47.4 Å². The van der Waals surface area contributed by atoms with Gasteiger partial charge >= 0.3 is 0 Å². The maximum atomic E-state index is 13.1. The third-order valence-electron chi connectivity index (χ3n) is 6.15. The van der Waals surface area contributed by atoms with Crippen molar-refractivity contribution in [1.82, 2.24) is 9.21 Å². The monoisotopic (exact) mass is 417 g/mol. The first-order valence-electron chi connectivity index (χ1n) is 10.0. The Labute approximate surface area is 170 Å². The number of piperazine rings is 1. The number of halogens is 1. The van der Waals surface area contributed by atoms with Crippen molar-refractivity contribution >= 4 is 15.7 Å². The molecule has 29 heavy (non-hydrogen) atoms. The first-order chi connectivity index (χ1) is 14.0. The van der Waals surface area contributed by atoms with Crippen LogP contribution in [-0.2, 0) is 16.4 Å². The summed E-state index contributed by atoms with van der Waals surface area (Å²) in [6.07, 6.45) is 0.764. The van der Waals surface area contributed by atoms with E-state index in [2.05, 4.69) is 9.80 Å². The minimum atomic E-state index is -3.45. The molecule has 0 aromatic heterocycles. The summed E-state index contributed by atoms with van der Waals surface area (Å²) >= 11 is 0. The van der Waals surface area contributed by atoms with Crippen LogP contribution in [0.3, 0.4) is 0 Å². The zero-order valence-electron chi connectivity index (χ0n) is 16.1. The van der Waals surface area contributed by atoms with Gasteiger partial charge in [-0.1, -0.05) is 0 Å². The molecule has 0 amide bonds. The Morgan fingerprint density at radius 1 is 0.966 bits per heavy atom. The van der Waals surface area contributed by atoms with Gasteiger partial charge in [-0.15, -0.1) is 0 Å². The molecule has 0 unspecified atom stereocenters. The predicted octanol–water partition coefficient (Wildman–Crippen LogP) is 1.96. The number of fused-ring (bicyclic) bond motifs is 1. The fraction of sp³-hybridized carbons (Fsp3) is 0.429. The number of benzene rings is 2. The van der Waals surface area contributed by atoms with Crippen molar-refractivity contribution < 1.29 is 17.5 Å². The molecule has 2 saturated heterocycles. The lowest BCUT2D eigenvalue weighted by Gasteiger charge is -2.47. The summed E-state index contributed by atoms with van der Waals surface area (Å²) in [6, 6.07) is 12.0. The van der Waals surface area contributed by atoms with Crippen LogP contribution in [0.4, 0.5) is 10.1 Å². The highest BCUT2D eigenvalue weighted by atomic mass is 32.2. The van der Waals surface area contributed by atoms with E-state index in [1.54, 1.807) is 22.5 Å². The van der Waals surface area contributed by atoms with Crippen LogP contribution in [0.1, 0.15) is 5.56 Å². The Morgan fingerprint density at radius 2 is 1.69 bits per heavy atom. The molecule has 0 bridgehead atoms. The van der Waals surface area contributed by atoms with Gasteiger partial charge in [-0.05, 0) is 48.0 Å². The molecular weight excluding hydrogens is 393 g/mol. The largest absolute Gasteiger partial charge is 0.493 e. The summed E-state index contributed by atoms with van der Waals surface area (Å²) in [5.74, 6) is 0.573. The fourth-order valence-corrected chi connectivity index (χ4v) is 5.88. The Morgan fingerprint density at radius 3 is 2.41 bits per heavy atom. The van der Waals surface area contributed by atoms with Gasteiger partial charge in [0.2, 0.25) is 10.0 Å². The maximum absolute atomic E-state index is 13.1. The van der Waals surface area contributed by atoms with E-state index in [0.29, 0.717) is 24.6 Å². The molecule has 0 atom stereocenters. The maximum Gasteiger partial charge on any atom is 0.243 e. The van der Waals surface area contributed by atoms with Crippen molar-refractivity contribution in [3.05, 3.63) is 53.8 Å². The Kier molecular flexibility index (Phi) is 4.72. The van der Waals surface area contributed by atoms with E-state index in [1.165, 1.54) is 12.1 Å². The van der Waals surface area contributed by atoms with Gasteiger partial charge in [0.15, 0.2) is 0 Å². The van der Waals surface area contributed by atoms with E-state index < -0.39 is 10.0 Å². The number of rotatable bonds is 4. The molecule has 3 aliphatic heterocycles. The molecule has 2 fully saturated rings. The Balaban J connectivity index is 1.18. The molecule has 0 radical (unpaired) electrons. The van der Waals surface area contributed by atoms with Gasteiger partial charge in [-0.3, -0.25) is 4.90 Å². The van der Waals surface area contributed by atoms with Crippen LogP contribution < -0.4 is 9.64 Å².